The van der Waals surface area contributed by atoms with Gasteiger partial charge in [0.25, 0.3) is 0 Å². The summed E-state index contributed by atoms with van der Waals surface area (Å²) in [6.45, 7) is 1.85. The van der Waals surface area contributed by atoms with E-state index in [4.69, 9.17) is 0 Å². The van der Waals surface area contributed by atoms with Crippen LogP contribution in [-0.4, -0.2) is 23.9 Å². The van der Waals surface area contributed by atoms with Crippen molar-refractivity contribution in [1.82, 2.24) is 0 Å². The first-order valence-electron chi connectivity index (χ1n) is 6.43. The number of rotatable bonds is 0. The summed E-state index contributed by atoms with van der Waals surface area (Å²) in [6, 6.07) is 0. The molecule has 2 atom stereocenters. The van der Waals surface area contributed by atoms with Gasteiger partial charge in [0, 0.05) is 0 Å². The number of cyclic esters (lactones) is 4. The summed E-state index contributed by atoms with van der Waals surface area (Å²) < 4.78 is 8.72. The quantitative estimate of drug-likeness (QED) is 0.483. The molecule has 19 heavy (non-hydrogen) atoms. The van der Waals surface area contributed by atoms with Gasteiger partial charge < -0.3 is 9.47 Å². The maximum absolute atomic E-state index is 11.3. The van der Waals surface area contributed by atoms with E-state index in [0.717, 1.165) is 25.7 Å². The molecule has 104 valence electrons. The second-order valence-corrected chi connectivity index (χ2v) is 5.27. The molecule has 2 saturated heterocycles. The standard InChI is InChI=1S/C9H12O3.C4H4O3/c1-9-5-3-2-4-6(9)7(10)12-8(9)11;5-3-1-2-4(6)7-3/h6H,2-5H2,1H3;1-2H2. The second kappa shape index (κ2) is 5.11. The van der Waals surface area contributed by atoms with E-state index in [1.807, 2.05) is 6.92 Å². The number of fused-ring (bicyclic) bond motifs is 1. The monoisotopic (exact) mass is 268 g/mol. The molecule has 0 spiro atoms. The minimum atomic E-state index is -0.491. The van der Waals surface area contributed by atoms with Gasteiger partial charge in [0.05, 0.1) is 24.2 Å². The minimum Gasteiger partial charge on any atom is -0.393 e. The van der Waals surface area contributed by atoms with Crippen LogP contribution in [-0.2, 0) is 28.7 Å². The van der Waals surface area contributed by atoms with Crippen LogP contribution in [0.1, 0.15) is 45.4 Å². The SMILES string of the molecule is CC12CCCCC1C(=O)OC2=O.O=C1CCC(=O)O1. The normalized spacial score (nSPS) is 33.2. The summed E-state index contributed by atoms with van der Waals surface area (Å²) in [5.41, 5.74) is -0.491. The van der Waals surface area contributed by atoms with Crippen molar-refractivity contribution in [1.29, 1.82) is 0 Å². The lowest BCUT2D eigenvalue weighted by atomic mass is 9.69. The van der Waals surface area contributed by atoms with Crippen LogP contribution >= 0.6 is 0 Å². The van der Waals surface area contributed by atoms with Crippen molar-refractivity contribution in [3.05, 3.63) is 0 Å². The van der Waals surface area contributed by atoms with Crippen LogP contribution in [0.3, 0.4) is 0 Å². The molecule has 3 rings (SSSR count). The second-order valence-electron chi connectivity index (χ2n) is 5.27. The third-order valence-electron chi connectivity index (χ3n) is 3.91. The molecule has 3 aliphatic rings. The fourth-order valence-electron chi connectivity index (χ4n) is 2.67. The predicted octanol–water partition coefficient (Wildman–Crippen LogP) is 1.12. The van der Waals surface area contributed by atoms with Crippen molar-refractivity contribution in [3.8, 4) is 0 Å². The first kappa shape index (κ1) is 13.7. The van der Waals surface area contributed by atoms with E-state index in [2.05, 4.69) is 9.47 Å². The Bertz CT molecular complexity index is 426. The predicted molar refractivity (Wildman–Crippen MR) is 61.5 cm³/mol. The van der Waals surface area contributed by atoms with Gasteiger partial charge in [0.1, 0.15) is 0 Å². The smallest absolute Gasteiger partial charge is 0.320 e. The van der Waals surface area contributed by atoms with E-state index in [1.54, 1.807) is 0 Å². The zero-order valence-electron chi connectivity index (χ0n) is 10.8. The highest BCUT2D eigenvalue weighted by Gasteiger charge is 2.54. The number of carbonyl (C=O) groups is 4. The summed E-state index contributed by atoms with van der Waals surface area (Å²) in [5.74, 6) is -1.56. The molecule has 2 unspecified atom stereocenters. The molecule has 3 fully saturated rings. The van der Waals surface area contributed by atoms with Crippen molar-refractivity contribution in [2.45, 2.75) is 45.4 Å². The Morgan fingerprint density at radius 2 is 1.63 bits per heavy atom. The average molecular weight is 268 g/mol. The van der Waals surface area contributed by atoms with Gasteiger partial charge in [-0.25, -0.2) is 0 Å². The summed E-state index contributed by atoms with van der Waals surface area (Å²) in [4.78, 5) is 42.5. The first-order valence-corrected chi connectivity index (χ1v) is 6.43. The largest absolute Gasteiger partial charge is 0.393 e. The summed E-state index contributed by atoms with van der Waals surface area (Å²) in [6.07, 6.45) is 4.24. The van der Waals surface area contributed by atoms with Crippen LogP contribution in [0.2, 0.25) is 0 Å². The van der Waals surface area contributed by atoms with Crippen molar-refractivity contribution >= 4 is 23.9 Å². The minimum absolute atomic E-state index is 0.154. The van der Waals surface area contributed by atoms with Gasteiger partial charge >= 0.3 is 23.9 Å². The number of ether oxygens (including phenoxy) is 2. The van der Waals surface area contributed by atoms with Gasteiger partial charge in [-0.1, -0.05) is 12.8 Å². The van der Waals surface area contributed by atoms with E-state index >= 15 is 0 Å². The van der Waals surface area contributed by atoms with E-state index < -0.39 is 17.4 Å². The van der Waals surface area contributed by atoms with Crippen LogP contribution in [0.25, 0.3) is 0 Å². The van der Waals surface area contributed by atoms with E-state index in [9.17, 15) is 19.2 Å². The topological polar surface area (TPSA) is 86.7 Å². The third kappa shape index (κ3) is 2.67. The lowest BCUT2D eigenvalue weighted by Crippen LogP contribution is -2.33. The van der Waals surface area contributed by atoms with Crippen LogP contribution in [0.15, 0.2) is 0 Å². The molecule has 2 heterocycles. The fourth-order valence-corrected chi connectivity index (χ4v) is 2.67. The first-order chi connectivity index (χ1) is 8.93. The fraction of sp³-hybridized carbons (Fsp3) is 0.692. The Kier molecular flexibility index (Phi) is 3.68. The van der Waals surface area contributed by atoms with Gasteiger partial charge in [0.15, 0.2) is 0 Å². The van der Waals surface area contributed by atoms with Gasteiger partial charge in [-0.2, -0.15) is 0 Å². The Balaban J connectivity index is 0.000000163. The van der Waals surface area contributed by atoms with E-state index in [1.165, 1.54) is 0 Å². The van der Waals surface area contributed by atoms with Gasteiger partial charge in [-0.3, -0.25) is 19.2 Å². The molecular weight excluding hydrogens is 252 g/mol. The van der Waals surface area contributed by atoms with Crippen molar-refractivity contribution in [2.75, 3.05) is 0 Å². The van der Waals surface area contributed by atoms with E-state index in [-0.39, 0.29) is 30.7 Å². The van der Waals surface area contributed by atoms with Crippen molar-refractivity contribution in [2.24, 2.45) is 11.3 Å². The highest BCUT2D eigenvalue weighted by Crippen LogP contribution is 2.46. The molecule has 2 aliphatic heterocycles. The molecule has 0 radical (unpaired) electrons. The summed E-state index contributed by atoms with van der Waals surface area (Å²) in [5, 5.41) is 0. The van der Waals surface area contributed by atoms with Crippen molar-refractivity contribution in [3.63, 3.8) is 0 Å². The zero-order valence-corrected chi connectivity index (χ0v) is 10.8. The van der Waals surface area contributed by atoms with Gasteiger partial charge in [0.2, 0.25) is 0 Å². The zero-order chi connectivity index (χ0) is 14.0. The molecule has 0 aromatic carbocycles. The van der Waals surface area contributed by atoms with Crippen LogP contribution in [0, 0.1) is 11.3 Å². The Hall–Kier alpha value is -1.72. The van der Waals surface area contributed by atoms with Gasteiger partial charge in [-0.15, -0.1) is 0 Å². The molecule has 1 saturated carbocycles. The average Bonchev–Trinajstić information content (AvgIpc) is 2.83. The highest BCUT2D eigenvalue weighted by molar-refractivity contribution is 5.99. The van der Waals surface area contributed by atoms with Crippen LogP contribution in [0.5, 0.6) is 0 Å². The molecule has 6 nitrogen and oxygen atoms in total. The Morgan fingerprint density at radius 1 is 1.00 bits per heavy atom. The molecule has 6 heteroatoms. The maximum Gasteiger partial charge on any atom is 0.320 e. The number of hydrogen-bond donors (Lipinski definition) is 0. The lowest BCUT2D eigenvalue weighted by Gasteiger charge is -2.29. The third-order valence-corrected chi connectivity index (χ3v) is 3.91. The summed E-state index contributed by atoms with van der Waals surface area (Å²) >= 11 is 0. The number of hydrogen-bond acceptors (Lipinski definition) is 6. The van der Waals surface area contributed by atoms with E-state index in [0.29, 0.717) is 0 Å². The highest BCUT2D eigenvalue weighted by atomic mass is 16.6. The van der Waals surface area contributed by atoms with Crippen LogP contribution < -0.4 is 0 Å². The van der Waals surface area contributed by atoms with Crippen LogP contribution in [0.4, 0.5) is 0 Å². The molecule has 0 aromatic heterocycles. The number of esters is 4. The number of carbonyl (C=O) groups excluding carboxylic acids is 4. The lowest BCUT2D eigenvalue weighted by molar-refractivity contribution is -0.155. The molecular formula is C13H16O6. The summed E-state index contributed by atoms with van der Waals surface area (Å²) in [7, 11) is 0. The molecule has 0 aromatic rings. The molecule has 0 bridgehead atoms. The van der Waals surface area contributed by atoms with Crippen molar-refractivity contribution < 1.29 is 28.7 Å². The molecule has 0 amide bonds. The van der Waals surface area contributed by atoms with Gasteiger partial charge in [-0.05, 0) is 19.8 Å². The Labute approximate surface area is 110 Å². The molecule has 1 aliphatic carbocycles. The Morgan fingerprint density at radius 3 is 2.11 bits per heavy atom. The molecule has 0 N–H and O–H groups in total. The maximum atomic E-state index is 11.3.